The topological polar surface area (TPSA) is 59.0 Å². The van der Waals surface area contributed by atoms with E-state index < -0.39 is 5.54 Å². The number of fused-ring (bicyclic) bond motifs is 2. The van der Waals surface area contributed by atoms with Crippen LogP contribution in [0.4, 0.5) is 4.79 Å². The fourth-order valence-electron chi connectivity index (χ4n) is 2.56. The van der Waals surface area contributed by atoms with Crippen LogP contribution in [0.25, 0.3) is 0 Å². The Labute approximate surface area is 95.3 Å². The molecule has 0 aromatic rings. The van der Waals surface area contributed by atoms with Crippen molar-refractivity contribution >= 4 is 6.09 Å². The molecule has 0 spiro atoms. The van der Waals surface area contributed by atoms with Gasteiger partial charge in [0.25, 0.3) is 0 Å². The van der Waals surface area contributed by atoms with Crippen molar-refractivity contribution in [2.45, 2.75) is 44.4 Å². The second-order valence-corrected chi connectivity index (χ2v) is 4.89. The van der Waals surface area contributed by atoms with Gasteiger partial charge in [0.1, 0.15) is 0 Å². The van der Waals surface area contributed by atoms with Gasteiger partial charge in [0.2, 0.25) is 0 Å². The standard InChI is InChI=1S/C11H19NO4/c1-8(2)16-10(14)12-9-3-4-11(12,6-13)7-15-5-9/h8-9,13H,3-7H2,1-2H3. The maximum atomic E-state index is 12.0. The Morgan fingerprint density at radius 3 is 3.06 bits per heavy atom. The molecule has 2 saturated heterocycles. The predicted octanol–water partition coefficient (Wildman–Crippen LogP) is 0.757. The van der Waals surface area contributed by atoms with E-state index in [2.05, 4.69) is 0 Å². The van der Waals surface area contributed by atoms with Gasteiger partial charge in [0.05, 0.1) is 37.5 Å². The highest BCUT2D eigenvalue weighted by Crippen LogP contribution is 2.38. The van der Waals surface area contributed by atoms with Crippen LogP contribution in [0, 0.1) is 0 Å². The van der Waals surface area contributed by atoms with E-state index in [4.69, 9.17) is 9.47 Å². The van der Waals surface area contributed by atoms with Crippen LogP contribution in [-0.2, 0) is 9.47 Å². The minimum atomic E-state index is -0.547. The van der Waals surface area contributed by atoms with Gasteiger partial charge >= 0.3 is 6.09 Å². The lowest BCUT2D eigenvalue weighted by Gasteiger charge is -2.42. The Balaban J connectivity index is 2.15. The number of ether oxygens (including phenoxy) is 2. The van der Waals surface area contributed by atoms with Crippen LogP contribution < -0.4 is 0 Å². The molecule has 2 unspecified atom stereocenters. The van der Waals surface area contributed by atoms with Crippen molar-refractivity contribution in [3.63, 3.8) is 0 Å². The minimum Gasteiger partial charge on any atom is -0.447 e. The Morgan fingerprint density at radius 2 is 2.44 bits per heavy atom. The number of carbonyl (C=O) groups is 1. The van der Waals surface area contributed by atoms with E-state index in [-0.39, 0.29) is 24.8 Å². The largest absolute Gasteiger partial charge is 0.447 e. The maximum Gasteiger partial charge on any atom is 0.410 e. The van der Waals surface area contributed by atoms with Crippen LogP contribution in [0.15, 0.2) is 0 Å². The number of hydrogen-bond acceptors (Lipinski definition) is 4. The average molecular weight is 229 g/mol. The molecule has 0 aliphatic carbocycles. The number of aliphatic hydroxyl groups excluding tert-OH is 1. The molecule has 2 rings (SSSR count). The number of hydrogen-bond donors (Lipinski definition) is 1. The van der Waals surface area contributed by atoms with E-state index in [9.17, 15) is 9.90 Å². The molecule has 2 heterocycles. The predicted molar refractivity (Wildman–Crippen MR) is 57.1 cm³/mol. The Bertz CT molecular complexity index is 277. The first-order chi connectivity index (χ1) is 7.59. The molecule has 2 fully saturated rings. The highest BCUT2D eigenvalue weighted by atomic mass is 16.6. The Kier molecular flexibility index (Phi) is 3.08. The van der Waals surface area contributed by atoms with Crippen molar-refractivity contribution < 1.29 is 19.4 Å². The van der Waals surface area contributed by atoms with Gasteiger partial charge in [-0.25, -0.2) is 4.79 Å². The van der Waals surface area contributed by atoms with Crippen LogP contribution >= 0.6 is 0 Å². The minimum absolute atomic E-state index is 0.0588. The first kappa shape index (κ1) is 11.7. The number of rotatable bonds is 2. The molecule has 16 heavy (non-hydrogen) atoms. The SMILES string of the molecule is CC(C)OC(=O)N1C2CCC1(CO)COC2. The number of carbonyl (C=O) groups excluding carboxylic acids is 1. The highest BCUT2D eigenvalue weighted by Gasteiger charge is 2.52. The van der Waals surface area contributed by atoms with Gasteiger partial charge < -0.3 is 14.6 Å². The van der Waals surface area contributed by atoms with Crippen molar-refractivity contribution in [1.29, 1.82) is 0 Å². The molecule has 92 valence electrons. The van der Waals surface area contributed by atoms with Crippen molar-refractivity contribution in [3.05, 3.63) is 0 Å². The van der Waals surface area contributed by atoms with Gasteiger partial charge in [0.15, 0.2) is 0 Å². The molecule has 1 N–H and O–H groups in total. The third kappa shape index (κ3) is 1.78. The maximum absolute atomic E-state index is 12.0. The second kappa shape index (κ2) is 4.22. The summed E-state index contributed by atoms with van der Waals surface area (Å²) < 4.78 is 10.6. The molecule has 5 heteroatoms. The summed E-state index contributed by atoms with van der Waals surface area (Å²) in [7, 11) is 0. The zero-order valence-corrected chi connectivity index (χ0v) is 9.81. The van der Waals surface area contributed by atoms with Crippen molar-refractivity contribution in [2.24, 2.45) is 0 Å². The normalized spacial score (nSPS) is 33.2. The van der Waals surface area contributed by atoms with Gasteiger partial charge in [-0.2, -0.15) is 0 Å². The van der Waals surface area contributed by atoms with Crippen LogP contribution in [0.3, 0.4) is 0 Å². The van der Waals surface area contributed by atoms with E-state index in [0.717, 1.165) is 12.8 Å². The summed E-state index contributed by atoms with van der Waals surface area (Å²) in [4.78, 5) is 13.7. The molecule has 2 bridgehead atoms. The molecule has 0 aromatic heterocycles. The van der Waals surface area contributed by atoms with Crippen LogP contribution in [0.5, 0.6) is 0 Å². The lowest BCUT2D eigenvalue weighted by molar-refractivity contribution is -0.0826. The second-order valence-electron chi connectivity index (χ2n) is 4.89. The third-order valence-corrected chi connectivity index (χ3v) is 3.33. The van der Waals surface area contributed by atoms with E-state index in [1.165, 1.54) is 0 Å². The monoisotopic (exact) mass is 229 g/mol. The lowest BCUT2D eigenvalue weighted by atomic mass is 9.99. The van der Waals surface area contributed by atoms with E-state index >= 15 is 0 Å². The van der Waals surface area contributed by atoms with Crippen molar-refractivity contribution in [1.82, 2.24) is 4.90 Å². The molecule has 0 saturated carbocycles. The van der Waals surface area contributed by atoms with Gasteiger partial charge in [-0.3, -0.25) is 4.90 Å². The zero-order chi connectivity index (χ0) is 11.8. The molecule has 2 aliphatic rings. The first-order valence-corrected chi connectivity index (χ1v) is 5.77. The van der Waals surface area contributed by atoms with E-state index in [0.29, 0.717) is 13.2 Å². The first-order valence-electron chi connectivity index (χ1n) is 5.77. The van der Waals surface area contributed by atoms with Gasteiger partial charge in [0, 0.05) is 0 Å². The lowest BCUT2D eigenvalue weighted by Crippen LogP contribution is -2.60. The summed E-state index contributed by atoms with van der Waals surface area (Å²) in [5, 5.41) is 9.49. The van der Waals surface area contributed by atoms with Gasteiger partial charge in [-0.1, -0.05) is 0 Å². The summed E-state index contributed by atoms with van der Waals surface area (Å²) in [5.74, 6) is 0. The molecule has 0 radical (unpaired) electrons. The average Bonchev–Trinajstić information content (AvgIpc) is 2.46. The van der Waals surface area contributed by atoms with Crippen LogP contribution in [0.1, 0.15) is 26.7 Å². The molecular formula is C11H19NO4. The molecule has 0 aromatic carbocycles. The van der Waals surface area contributed by atoms with Crippen LogP contribution in [0.2, 0.25) is 0 Å². The number of morpholine rings is 1. The fraction of sp³-hybridized carbons (Fsp3) is 0.909. The summed E-state index contributed by atoms with van der Waals surface area (Å²) in [6.45, 7) is 4.55. The summed E-state index contributed by atoms with van der Waals surface area (Å²) in [6.07, 6.45) is 1.22. The quantitative estimate of drug-likeness (QED) is 0.759. The number of amides is 1. The smallest absolute Gasteiger partial charge is 0.410 e. The number of nitrogens with zero attached hydrogens (tertiary/aromatic N) is 1. The van der Waals surface area contributed by atoms with Crippen molar-refractivity contribution in [2.75, 3.05) is 19.8 Å². The molecule has 1 amide bonds. The van der Waals surface area contributed by atoms with Crippen LogP contribution in [-0.4, -0.2) is 53.6 Å². The Morgan fingerprint density at radius 1 is 1.69 bits per heavy atom. The summed E-state index contributed by atoms with van der Waals surface area (Å²) in [6, 6.07) is 0.0622. The molecular weight excluding hydrogens is 210 g/mol. The van der Waals surface area contributed by atoms with E-state index in [1.807, 2.05) is 13.8 Å². The molecule has 2 atom stereocenters. The summed E-state index contributed by atoms with van der Waals surface area (Å²) in [5.41, 5.74) is -0.547. The third-order valence-electron chi connectivity index (χ3n) is 3.33. The molecule has 5 nitrogen and oxygen atoms in total. The van der Waals surface area contributed by atoms with Gasteiger partial charge in [-0.05, 0) is 26.7 Å². The zero-order valence-electron chi connectivity index (χ0n) is 9.81. The highest BCUT2D eigenvalue weighted by molar-refractivity contribution is 5.70. The van der Waals surface area contributed by atoms with Crippen molar-refractivity contribution in [3.8, 4) is 0 Å². The summed E-state index contributed by atoms with van der Waals surface area (Å²) >= 11 is 0. The van der Waals surface area contributed by atoms with E-state index in [1.54, 1.807) is 4.90 Å². The molecule has 2 aliphatic heterocycles. The Hall–Kier alpha value is -0.810. The number of aliphatic hydroxyl groups is 1. The van der Waals surface area contributed by atoms with Gasteiger partial charge in [-0.15, -0.1) is 0 Å². The fourth-order valence-corrected chi connectivity index (χ4v) is 2.56.